The Morgan fingerprint density at radius 1 is 1.35 bits per heavy atom. The molecule has 1 aliphatic carbocycles. The van der Waals surface area contributed by atoms with Gasteiger partial charge in [0.2, 0.25) is 0 Å². The minimum absolute atomic E-state index is 0.0473. The fourth-order valence-electron chi connectivity index (χ4n) is 3.77. The van der Waals surface area contributed by atoms with Crippen LogP contribution in [0.3, 0.4) is 0 Å². The molecule has 2 atom stereocenters. The molecule has 0 bridgehead atoms. The third-order valence-corrected chi connectivity index (χ3v) is 4.94. The molecule has 1 N–H and O–H groups in total. The highest BCUT2D eigenvalue weighted by Gasteiger charge is 2.32. The van der Waals surface area contributed by atoms with Crippen LogP contribution >= 0.6 is 0 Å². The molecule has 0 aromatic carbocycles. The van der Waals surface area contributed by atoms with E-state index in [1.807, 2.05) is 4.90 Å². The lowest BCUT2D eigenvalue weighted by Gasteiger charge is -2.39. The van der Waals surface area contributed by atoms with Gasteiger partial charge in [-0.25, -0.2) is 0 Å². The number of carbonyl (C=O) groups is 1. The summed E-state index contributed by atoms with van der Waals surface area (Å²) in [7, 11) is 0. The maximum atomic E-state index is 12.2. The van der Waals surface area contributed by atoms with Gasteiger partial charge in [0, 0.05) is 6.42 Å². The van der Waals surface area contributed by atoms with Gasteiger partial charge in [-0.3, -0.25) is 4.79 Å². The molecular formula is C16H25N2O2+. The Morgan fingerprint density at radius 3 is 2.80 bits per heavy atom. The highest BCUT2D eigenvalue weighted by atomic mass is 16.3. The Bertz CT molecular complexity index is 435. The Morgan fingerprint density at radius 2 is 2.15 bits per heavy atom. The van der Waals surface area contributed by atoms with Crippen LogP contribution in [0.5, 0.6) is 0 Å². The van der Waals surface area contributed by atoms with Gasteiger partial charge >= 0.3 is 0 Å². The zero-order chi connectivity index (χ0) is 13.9. The molecule has 1 aliphatic heterocycles. The van der Waals surface area contributed by atoms with Gasteiger partial charge in [0.25, 0.3) is 5.91 Å². The van der Waals surface area contributed by atoms with Gasteiger partial charge in [-0.2, -0.15) is 0 Å². The van der Waals surface area contributed by atoms with Crippen LogP contribution in [0.2, 0.25) is 0 Å². The van der Waals surface area contributed by atoms with Gasteiger partial charge in [-0.15, -0.1) is 0 Å². The summed E-state index contributed by atoms with van der Waals surface area (Å²) in [5, 5.41) is 0. The van der Waals surface area contributed by atoms with E-state index in [2.05, 4.69) is 6.92 Å². The topological polar surface area (TPSA) is 37.9 Å². The van der Waals surface area contributed by atoms with Gasteiger partial charge in [0.15, 0.2) is 5.76 Å². The average Bonchev–Trinajstić information content (AvgIpc) is 3.01. The Balaban J connectivity index is 1.53. The first kappa shape index (κ1) is 13.7. The molecule has 1 saturated carbocycles. The van der Waals surface area contributed by atoms with Gasteiger partial charge in [-0.05, 0) is 30.9 Å². The van der Waals surface area contributed by atoms with Crippen LogP contribution in [0.15, 0.2) is 22.8 Å². The number of amides is 1. The average molecular weight is 277 g/mol. The molecule has 1 aromatic heterocycles. The fourth-order valence-corrected chi connectivity index (χ4v) is 3.77. The van der Waals surface area contributed by atoms with Crippen LogP contribution in [0, 0.1) is 5.92 Å². The van der Waals surface area contributed by atoms with Crippen molar-refractivity contribution in [2.24, 2.45) is 5.92 Å². The zero-order valence-electron chi connectivity index (χ0n) is 12.3. The van der Waals surface area contributed by atoms with Crippen molar-refractivity contribution in [2.45, 2.75) is 38.6 Å². The summed E-state index contributed by atoms with van der Waals surface area (Å²) in [5.74, 6) is 1.40. The SMILES string of the molecule is C[C@@H]1CCC[C@H]([NH+]2CCN(C(=O)c3ccco3)CC2)C1. The Kier molecular flexibility index (Phi) is 4.10. The van der Waals surface area contributed by atoms with Crippen molar-refractivity contribution < 1.29 is 14.1 Å². The lowest BCUT2D eigenvalue weighted by atomic mass is 9.86. The molecule has 2 aliphatic rings. The number of rotatable bonds is 2. The molecule has 110 valence electrons. The molecule has 2 heterocycles. The third-order valence-electron chi connectivity index (χ3n) is 4.94. The normalized spacial score (nSPS) is 28.6. The number of quaternary nitrogens is 1. The molecule has 20 heavy (non-hydrogen) atoms. The second kappa shape index (κ2) is 6.00. The van der Waals surface area contributed by atoms with Crippen molar-refractivity contribution in [3.05, 3.63) is 24.2 Å². The molecule has 0 unspecified atom stereocenters. The van der Waals surface area contributed by atoms with Crippen LogP contribution in [-0.4, -0.2) is 43.0 Å². The maximum absolute atomic E-state index is 12.2. The highest BCUT2D eigenvalue weighted by molar-refractivity contribution is 5.91. The largest absolute Gasteiger partial charge is 0.459 e. The summed E-state index contributed by atoms with van der Waals surface area (Å²) < 4.78 is 5.21. The number of furan rings is 1. The van der Waals surface area contributed by atoms with E-state index in [4.69, 9.17) is 4.42 Å². The van der Waals surface area contributed by atoms with Crippen LogP contribution in [0.4, 0.5) is 0 Å². The van der Waals surface area contributed by atoms with Gasteiger partial charge in [-0.1, -0.05) is 13.3 Å². The number of carbonyl (C=O) groups excluding carboxylic acids is 1. The standard InChI is InChI=1S/C16H24N2O2/c1-13-4-2-5-14(12-13)17-7-9-18(10-8-17)16(19)15-6-3-11-20-15/h3,6,11,13-14H,2,4-5,7-10,12H2,1H3/p+1/t13-,14+/m1/s1. The number of nitrogens with zero attached hydrogens (tertiary/aromatic N) is 1. The summed E-state index contributed by atoms with van der Waals surface area (Å²) in [4.78, 5) is 15.9. The molecule has 4 heteroatoms. The summed E-state index contributed by atoms with van der Waals surface area (Å²) in [6.07, 6.45) is 7.07. The fraction of sp³-hybridized carbons (Fsp3) is 0.688. The summed E-state index contributed by atoms with van der Waals surface area (Å²) in [5.41, 5.74) is 0. The minimum Gasteiger partial charge on any atom is -0.459 e. The lowest BCUT2D eigenvalue weighted by Crippen LogP contribution is -3.18. The van der Waals surface area contributed by atoms with Crippen molar-refractivity contribution in [3.8, 4) is 0 Å². The first-order chi connectivity index (χ1) is 9.74. The Labute approximate surface area is 120 Å². The number of nitrogens with one attached hydrogen (secondary N) is 1. The molecule has 4 nitrogen and oxygen atoms in total. The van der Waals surface area contributed by atoms with Crippen LogP contribution in [-0.2, 0) is 0 Å². The summed E-state index contributed by atoms with van der Waals surface area (Å²) in [6.45, 7) is 6.27. The maximum Gasteiger partial charge on any atom is 0.289 e. The smallest absolute Gasteiger partial charge is 0.289 e. The summed E-state index contributed by atoms with van der Waals surface area (Å²) >= 11 is 0. The van der Waals surface area contributed by atoms with E-state index < -0.39 is 0 Å². The van der Waals surface area contributed by atoms with Crippen LogP contribution in [0.25, 0.3) is 0 Å². The number of piperazine rings is 1. The zero-order valence-corrected chi connectivity index (χ0v) is 12.3. The van der Waals surface area contributed by atoms with E-state index in [0.717, 1.165) is 38.1 Å². The van der Waals surface area contributed by atoms with Crippen LogP contribution < -0.4 is 4.90 Å². The molecule has 1 saturated heterocycles. The number of hydrogen-bond acceptors (Lipinski definition) is 2. The van der Waals surface area contributed by atoms with Gasteiger partial charge < -0.3 is 14.2 Å². The van der Waals surface area contributed by atoms with E-state index in [9.17, 15) is 4.79 Å². The second-order valence-corrected chi connectivity index (χ2v) is 6.40. The molecule has 1 aromatic rings. The summed E-state index contributed by atoms with van der Waals surface area (Å²) in [6, 6.07) is 4.35. The van der Waals surface area contributed by atoms with Crippen molar-refractivity contribution in [2.75, 3.05) is 26.2 Å². The molecule has 0 spiro atoms. The lowest BCUT2D eigenvalue weighted by molar-refractivity contribution is -0.930. The van der Waals surface area contributed by atoms with E-state index in [1.165, 1.54) is 25.7 Å². The predicted molar refractivity (Wildman–Crippen MR) is 76.7 cm³/mol. The van der Waals surface area contributed by atoms with E-state index >= 15 is 0 Å². The van der Waals surface area contributed by atoms with E-state index in [1.54, 1.807) is 23.3 Å². The first-order valence-electron chi connectivity index (χ1n) is 7.91. The number of hydrogen-bond donors (Lipinski definition) is 1. The van der Waals surface area contributed by atoms with Crippen molar-refractivity contribution >= 4 is 5.91 Å². The van der Waals surface area contributed by atoms with Crippen molar-refractivity contribution in [1.29, 1.82) is 0 Å². The molecule has 2 fully saturated rings. The quantitative estimate of drug-likeness (QED) is 0.882. The van der Waals surface area contributed by atoms with E-state index in [0.29, 0.717) is 5.76 Å². The van der Waals surface area contributed by atoms with Crippen molar-refractivity contribution in [3.63, 3.8) is 0 Å². The van der Waals surface area contributed by atoms with Crippen LogP contribution in [0.1, 0.15) is 43.2 Å². The minimum atomic E-state index is 0.0473. The Hall–Kier alpha value is -1.29. The second-order valence-electron chi connectivity index (χ2n) is 6.40. The molecular weight excluding hydrogens is 252 g/mol. The predicted octanol–water partition coefficient (Wildman–Crippen LogP) is 1.20. The van der Waals surface area contributed by atoms with Gasteiger partial charge in [0.05, 0.1) is 38.5 Å². The monoisotopic (exact) mass is 277 g/mol. The van der Waals surface area contributed by atoms with Crippen molar-refractivity contribution in [1.82, 2.24) is 4.90 Å². The van der Waals surface area contributed by atoms with E-state index in [-0.39, 0.29) is 5.91 Å². The molecule has 3 rings (SSSR count). The first-order valence-corrected chi connectivity index (χ1v) is 7.91. The van der Waals surface area contributed by atoms with Gasteiger partial charge in [0.1, 0.15) is 0 Å². The molecule has 0 radical (unpaired) electrons. The third kappa shape index (κ3) is 2.90. The highest BCUT2D eigenvalue weighted by Crippen LogP contribution is 2.22. The molecule has 1 amide bonds.